The molecule has 1 atom stereocenters. The molecule has 1 aliphatic heterocycles. The average molecular weight is 219 g/mol. The fourth-order valence-electron chi connectivity index (χ4n) is 2.52. The molecular formula is C14H21NO. The molecule has 1 N–H and O–H groups in total. The Morgan fingerprint density at radius 1 is 1.44 bits per heavy atom. The van der Waals surface area contributed by atoms with E-state index in [9.17, 15) is 0 Å². The van der Waals surface area contributed by atoms with Crippen LogP contribution in [0.2, 0.25) is 0 Å². The van der Waals surface area contributed by atoms with E-state index in [1.54, 1.807) is 7.11 Å². The molecule has 1 aliphatic rings. The molecule has 0 aromatic heterocycles. The quantitative estimate of drug-likeness (QED) is 0.838. The minimum absolute atomic E-state index is 0.686. The second kappa shape index (κ2) is 4.77. The van der Waals surface area contributed by atoms with Gasteiger partial charge in [0.15, 0.2) is 0 Å². The van der Waals surface area contributed by atoms with Gasteiger partial charge in [0.1, 0.15) is 5.75 Å². The lowest BCUT2D eigenvalue weighted by atomic mass is 9.84. The molecule has 16 heavy (non-hydrogen) atoms. The van der Waals surface area contributed by atoms with E-state index < -0.39 is 0 Å². The van der Waals surface area contributed by atoms with Crippen molar-refractivity contribution in [3.8, 4) is 5.75 Å². The third kappa shape index (κ3) is 2.31. The summed E-state index contributed by atoms with van der Waals surface area (Å²) in [6.07, 6.45) is 2.50. The summed E-state index contributed by atoms with van der Waals surface area (Å²) in [7, 11) is 1.73. The van der Waals surface area contributed by atoms with Gasteiger partial charge in [-0.05, 0) is 48.4 Å². The molecule has 0 bridgehead atoms. The molecule has 0 aliphatic carbocycles. The third-order valence-electron chi connectivity index (χ3n) is 3.26. The van der Waals surface area contributed by atoms with Crippen LogP contribution in [-0.4, -0.2) is 13.7 Å². The highest BCUT2D eigenvalue weighted by Crippen LogP contribution is 2.37. The highest BCUT2D eigenvalue weighted by atomic mass is 16.5. The summed E-state index contributed by atoms with van der Waals surface area (Å²) in [6, 6.07) is 6.36. The summed E-state index contributed by atoms with van der Waals surface area (Å²) >= 11 is 0. The SMILES string of the molecule is COc1ccc2c(c1)C(CC(C)C)CCN2. The number of nitrogens with one attached hydrogen (secondary N) is 1. The standard InChI is InChI=1S/C14H21NO/c1-10(2)8-11-6-7-15-14-5-4-12(16-3)9-13(11)14/h4-5,9-11,15H,6-8H2,1-3H3. The van der Waals surface area contributed by atoms with E-state index >= 15 is 0 Å². The van der Waals surface area contributed by atoms with Crippen molar-refractivity contribution in [1.29, 1.82) is 0 Å². The minimum atomic E-state index is 0.686. The van der Waals surface area contributed by atoms with Crippen LogP contribution >= 0.6 is 0 Å². The monoisotopic (exact) mass is 219 g/mol. The summed E-state index contributed by atoms with van der Waals surface area (Å²) in [4.78, 5) is 0. The Bertz CT molecular complexity index is 360. The number of anilines is 1. The lowest BCUT2D eigenvalue weighted by Crippen LogP contribution is -2.18. The van der Waals surface area contributed by atoms with E-state index in [-0.39, 0.29) is 0 Å². The van der Waals surface area contributed by atoms with Crippen molar-refractivity contribution in [2.45, 2.75) is 32.6 Å². The zero-order valence-corrected chi connectivity index (χ0v) is 10.4. The van der Waals surface area contributed by atoms with Gasteiger partial charge >= 0.3 is 0 Å². The molecule has 0 radical (unpaired) electrons. The number of rotatable bonds is 3. The highest BCUT2D eigenvalue weighted by Gasteiger charge is 2.21. The van der Waals surface area contributed by atoms with E-state index in [1.165, 1.54) is 24.1 Å². The number of hydrogen-bond acceptors (Lipinski definition) is 2. The number of methoxy groups -OCH3 is 1. The summed E-state index contributed by atoms with van der Waals surface area (Å²) < 4.78 is 5.31. The lowest BCUT2D eigenvalue weighted by molar-refractivity contribution is 0.411. The average Bonchev–Trinajstić information content (AvgIpc) is 2.28. The molecule has 1 aromatic rings. The van der Waals surface area contributed by atoms with Gasteiger partial charge < -0.3 is 10.1 Å². The summed E-state index contributed by atoms with van der Waals surface area (Å²) in [5.41, 5.74) is 2.72. The van der Waals surface area contributed by atoms with Crippen LogP contribution < -0.4 is 10.1 Å². The van der Waals surface area contributed by atoms with Gasteiger partial charge in [-0.3, -0.25) is 0 Å². The largest absolute Gasteiger partial charge is 0.497 e. The second-order valence-electron chi connectivity index (χ2n) is 5.00. The molecule has 0 saturated heterocycles. The van der Waals surface area contributed by atoms with Gasteiger partial charge in [-0.15, -0.1) is 0 Å². The van der Waals surface area contributed by atoms with Crippen LogP contribution in [0.1, 0.15) is 38.2 Å². The van der Waals surface area contributed by atoms with Gasteiger partial charge in [0, 0.05) is 12.2 Å². The molecule has 0 saturated carbocycles. The van der Waals surface area contributed by atoms with Crippen molar-refractivity contribution >= 4 is 5.69 Å². The van der Waals surface area contributed by atoms with Crippen LogP contribution in [-0.2, 0) is 0 Å². The first-order valence-corrected chi connectivity index (χ1v) is 6.12. The lowest BCUT2D eigenvalue weighted by Gasteiger charge is -2.28. The van der Waals surface area contributed by atoms with Gasteiger partial charge in [-0.1, -0.05) is 13.8 Å². The molecule has 88 valence electrons. The topological polar surface area (TPSA) is 21.3 Å². The first-order chi connectivity index (χ1) is 7.70. The molecule has 0 spiro atoms. The number of ether oxygens (including phenoxy) is 1. The molecule has 1 unspecified atom stereocenters. The first-order valence-electron chi connectivity index (χ1n) is 6.12. The van der Waals surface area contributed by atoms with E-state index in [2.05, 4.69) is 31.3 Å². The Kier molecular flexibility index (Phi) is 3.37. The highest BCUT2D eigenvalue weighted by molar-refractivity contribution is 5.57. The fourth-order valence-corrected chi connectivity index (χ4v) is 2.52. The smallest absolute Gasteiger partial charge is 0.119 e. The van der Waals surface area contributed by atoms with Crippen LogP contribution in [0.25, 0.3) is 0 Å². The number of benzene rings is 1. The van der Waals surface area contributed by atoms with Gasteiger partial charge in [0.05, 0.1) is 7.11 Å². The van der Waals surface area contributed by atoms with Crippen molar-refractivity contribution in [2.24, 2.45) is 5.92 Å². The van der Waals surface area contributed by atoms with Crippen molar-refractivity contribution in [2.75, 3.05) is 19.0 Å². The number of fused-ring (bicyclic) bond motifs is 1. The fraction of sp³-hybridized carbons (Fsp3) is 0.571. The molecular weight excluding hydrogens is 198 g/mol. The van der Waals surface area contributed by atoms with E-state index in [4.69, 9.17) is 4.74 Å². The summed E-state index contributed by atoms with van der Waals surface area (Å²) in [5, 5.41) is 3.46. The van der Waals surface area contributed by atoms with E-state index in [0.29, 0.717) is 5.92 Å². The molecule has 2 rings (SSSR count). The first kappa shape index (κ1) is 11.3. The molecule has 2 nitrogen and oxygen atoms in total. The second-order valence-corrected chi connectivity index (χ2v) is 5.00. The zero-order chi connectivity index (χ0) is 11.5. The summed E-state index contributed by atoms with van der Waals surface area (Å²) in [5.74, 6) is 2.41. The molecule has 0 amide bonds. The predicted octanol–water partition coefficient (Wildman–Crippen LogP) is 3.64. The Morgan fingerprint density at radius 3 is 2.94 bits per heavy atom. The summed E-state index contributed by atoms with van der Waals surface area (Å²) in [6.45, 7) is 5.68. The van der Waals surface area contributed by atoms with Gasteiger partial charge in [-0.2, -0.15) is 0 Å². The van der Waals surface area contributed by atoms with E-state index in [0.717, 1.165) is 18.2 Å². The maximum atomic E-state index is 5.31. The van der Waals surface area contributed by atoms with Crippen LogP contribution in [0.15, 0.2) is 18.2 Å². The van der Waals surface area contributed by atoms with Gasteiger partial charge in [0.2, 0.25) is 0 Å². The van der Waals surface area contributed by atoms with Crippen LogP contribution in [0.3, 0.4) is 0 Å². The van der Waals surface area contributed by atoms with Crippen LogP contribution in [0, 0.1) is 5.92 Å². The molecule has 0 fully saturated rings. The van der Waals surface area contributed by atoms with Crippen molar-refractivity contribution in [3.05, 3.63) is 23.8 Å². The van der Waals surface area contributed by atoms with Gasteiger partial charge in [0.25, 0.3) is 0 Å². The van der Waals surface area contributed by atoms with Crippen molar-refractivity contribution in [1.82, 2.24) is 0 Å². The van der Waals surface area contributed by atoms with E-state index in [1.807, 2.05) is 6.07 Å². The Morgan fingerprint density at radius 2 is 2.25 bits per heavy atom. The molecule has 1 aromatic carbocycles. The van der Waals surface area contributed by atoms with Crippen molar-refractivity contribution in [3.63, 3.8) is 0 Å². The Hall–Kier alpha value is -1.18. The Labute approximate surface area is 98.0 Å². The van der Waals surface area contributed by atoms with Crippen LogP contribution in [0.5, 0.6) is 5.75 Å². The van der Waals surface area contributed by atoms with Crippen molar-refractivity contribution < 1.29 is 4.74 Å². The number of hydrogen-bond donors (Lipinski definition) is 1. The maximum absolute atomic E-state index is 5.31. The normalized spacial score (nSPS) is 19.1. The minimum Gasteiger partial charge on any atom is -0.497 e. The third-order valence-corrected chi connectivity index (χ3v) is 3.26. The van der Waals surface area contributed by atoms with Gasteiger partial charge in [-0.25, -0.2) is 0 Å². The Balaban J connectivity index is 2.28. The maximum Gasteiger partial charge on any atom is 0.119 e. The van der Waals surface area contributed by atoms with Crippen LogP contribution in [0.4, 0.5) is 5.69 Å². The molecule has 2 heteroatoms. The zero-order valence-electron chi connectivity index (χ0n) is 10.4. The predicted molar refractivity (Wildman–Crippen MR) is 68.3 cm³/mol. The molecule has 1 heterocycles.